The number of nitrogens with zero attached hydrogens (tertiary/aromatic N) is 5. The van der Waals surface area contributed by atoms with Crippen LogP contribution in [0.4, 0.5) is 10.5 Å². The van der Waals surface area contributed by atoms with Crippen LogP contribution in [0.1, 0.15) is 23.0 Å². The Kier molecular flexibility index (Phi) is 6.00. The topological polar surface area (TPSA) is 88.0 Å². The number of amides is 2. The van der Waals surface area contributed by atoms with E-state index in [2.05, 4.69) is 62.2 Å². The zero-order valence-electron chi connectivity index (χ0n) is 16.5. The van der Waals surface area contributed by atoms with Gasteiger partial charge in [-0.05, 0) is 68.2 Å². The van der Waals surface area contributed by atoms with Gasteiger partial charge in [0.25, 0.3) is 0 Å². The molecule has 146 valence electrons. The first kappa shape index (κ1) is 19.5. The van der Waals surface area contributed by atoms with E-state index in [1.54, 1.807) is 4.68 Å². The van der Waals surface area contributed by atoms with Crippen molar-refractivity contribution < 1.29 is 4.79 Å². The summed E-state index contributed by atoms with van der Waals surface area (Å²) in [4.78, 5) is 14.4. The molecule has 0 saturated heterocycles. The fourth-order valence-electron chi connectivity index (χ4n) is 2.91. The van der Waals surface area contributed by atoms with Gasteiger partial charge in [-0.1, -0.05) is 29.8 Å². The minimum Gasteiger partial charge on any atom is -0.336 e. The minimum atomic E-state index is -0.245. The number of benzene rings is 2. The van der Waals surface area contributed by atoms with E-state index in [1.807, 2.05) is 45.3 Å². The number of urea groups is 1. The fraction of sp³-hybridized carbons (Fsp3) is 0.300. The van der Waals surface area contributed by atoms with Crippen molar-refractivity contribution in [3.05, 3.63) is 65.5 Å². The molecule has 0 spiro atoms. The van der Waals surface area contributed by atoms with Crippen LogP contribution in [0.3, 0.4) is 0 Å². The molecule has 2 aromatic carbocycles. The molecule has 0 saturated carbocycles. The molecule has 2 N–H and O–H groups in total. The lowest BCUT2D eigenvalue weighted by Crippen LogP contribution is -2.36. The van der Waals surface area contributed by atoms with E-state index in [0.29, 0.717) is 18.1 Å². The molecule has 0 aliphatic heterocycles. The van der Waals surface area contributed by atoms with Crippen molar-refractivity contribution in [2.45, 2.75) is 19.9 Å². The van der Waals surface area contributed by atoms with Crippen LogP contribution < -0.4 is 10.6 Å². The lowest BCUT2D eigenvalue weighted by Gasteiger charge is -2.25. The number of likely N-dealkylation sites (N-methyl/N-ethyl adjacent to an activating group) is 1. The van der Waals surface area contributed by atoms with Gasteiger partial charge in [0.2, 0.25) is 0 Å². The first-order valence-corrected chi connectivity index (χ1v) is 9.07. The Morgan fingerprint density at radius 1 is 1.07 bits per heavy atom. The quantitative estimate of drug-likeness (QED) is 0.687. The van der Waals surface area contributed by atoms with Crippen molar-refractivity contribution in [2.75, 3.05) is 26.0 Å². The number of aryl methyl sites for hydroxylation is 2. The van der Waals surface area contributed by atoms with Gasteiger partial charge in [-0.3, -0.25) is 0 Å². The van der Waals surface area contributed by atoms with Crippen molar-refractivity contribution in [1.82, 2.24) is 30.4 Å². The summed E-state index contributed by atoms with van der Waals surface area (Å²) in [6.45, 7) is 4.39. The third-order valence-corrected chi connectivity index (χ3v) is 4.54. The van der Waals surface area contributed by atoms with Gasteiger partial charge in [-0.15, -0.1) is 5.10 Å². The van der Waals surface area contributed by atoms with Gasteiger partial charge in [0.05, 0.1) is 11.7 Å². The summed E-state index contributed by atoms with van der Waals surface area (Å²) >= 11 is 0. The Morgan fingerprint density at radius 3 is 2.32 bits per heavy atom. The summed E-state index contributed by atoms with van der Waals surface area (Å²) in [5, 5.41) is 17.2. The van der Waals surface area contributed by atoms with Crippen LogP contribution in [0, 0.1) is 13.8 Å². The van der Waals surface area contributed by atoms with Crippen LogP contribution in [-0.2, 0) is 0 Å². The Balaban J connectivity index is 1.58. The van der Waals surface area contributed by atoms with Gasteiger partial charge in [0, 0.05) is 12.2 Å². The van der Waals surface area contributed by atoms with E-state index in [4.69, 9.17) is 0 Å². The van der Waals surface area contributed by atoms with Crippen LogP contribution in [-0.4, -0.2) is 51.8 Å². The zero-order valence-corrected chi connectivity index (χ0v) is 16.5. The molecular formula is C20H25N7O. The highest BCUT2D eigenvalue weighted by Crippen LogP contribution is 2.18. The van der Waals surface area contributed by atoms with Crippen LogP contribution in [0.15, 0.2) is 48.5 Å². The molecule has 0 aliphatic carbocycles. The molecule has 1 aromatic heterocycles. The van der Waals surface area contributed by atoms with Crippen LogP contribution >= 0.6 is 0 Å². The standard InChI is InChI=1S/C20H25N7O/c1-14-5-7-16(8-6-14)19(26(3)4)13-21-20(28)22-17-9-11-18(12-10-17)27-15(2)23-24-25-27/h5-12,19H,13H2,1-4H3,(H2,21,22,28)/t19-/m0/s1. The number of hydrogen-bond acceptors (Lipinski definition) is 5. The normalized spacial score (nSPS) is 12.0. The van der Waals surface area contributed by atoms with Crippen LogP contribution in [0.2, 0.25) is 0 Å². The summed E-state index contributed by atoms with van der Waals surface area (Å²) in [7, 11) is 4.01. The Morgan fingerprint density at radius 2 is 1.75 bits per heavy atom. The average Bonchev–Trinajstić information content (AvgIpc) is 3.09. The SMILES string of the molecule is Cc1ccc([C@H](CNC(=O)Nc2ccc(-n3nnnc3C)cc2)N(C)C)cc1. The zero-order chi connectivity index (χ0) is 20.1. The van der Waals surface area contributed by atoms with Crippen molar-refractivity contribution in [1.29, 1.82) is 0 Å². The van der Waals surface area contributed by atoms with Crippen LogP contribution in [0.5, 0.6) is 0 Å². The van der Waals surface area contributed by atoms with Crippen molar-refractivity contribution in [3.8, 4) is 5.69 Å². The molecule has 2 amide bonds. The summed E-state index contributed by atoms with van der Waals surface area (Å²) in [6.07, 6.45) is 0. The third kappa shape index (κ3) is 4.72. The molecule has 1 heterocycles. The van der Waals surface area contributed by atoms with Crippen molar-refractivity contribution in [2.24, 2.45) is 0 Å². The van der Waals surface area contributed by atoms with E-state index in [-0.39, 0.29) is 12.1 Å². The maximum absolute atomic E-state index is 12.3. The van der Waals surface area contributed by atoms with E-state index >= 15 is 0 Å². The lowest BCUT2D eigenvalue weighted by atomic mass is 10.0. The number of aromatic nitrogens is 4. The second-order valence-corrected chi connectivity index (χ2v) is 6.91. The Bertz CT molecular complexity index is 916. The largest absolute Gasteiger partial charge is 0.336 e. The number of hydrogen-bond donors (Lipinski definition) is 2. The monoisotopic (exact) mass is 379 g/mol. The molecule has 3 aromatic rings. The lowest BCUT2D eigenvalue weighted by molar-refractivity contribution is 0.243. The molecule has 1 atom stereocenters. The van der Waals surface area contributed by atoms with Gasteiger partial charge < -0.3 is 15.5 Å². The maximum Gasteiger partial charge on any atom is 0.319 e. The minimum absolute atomic E-state index is 0.0940. The van der Waals surface area contributed by atoms with E-state index in [0.717, 1.165) is 11.3 Å². The van der Waals surface area contributed by atoms with Gasteiger partial charge in [-0.2, -0.15) is 4.68 Å². The molecule has 0 fully saturated rings. The molecule has 0 aliphatic rings. The van der Waals surface area contributed by atoms with E-state index in [1.165, 1.54) is 5.56 Å². The number of tetrazole rings is 1. The average molecular weight is 379 g/mol. The predicted molar refractivity (Wildman–Crippen MR) is 109 cm³/mol. The summed E-state index contributed by atoms with van der Waals surface area (Å²) < 4.78 is 1.63. The van der Waals surface area contributed by atoms with Crippen LogP contribution in [0.25, 0.3) is 5.69 Å². The Labute approximate surface area is 164 Å². The second kappa shape index (κ2) is 8.62. The highest BCUT2D eigenvalue weighted by atomic mass is 16.2. The number of rotatable bonds is 6. The third-order valence-electron chi connectivity index (χ3n) is 4.54. The summed E-state index contributed by atoms with van der Waals surface area (Å²) in [5.74, 6) is 0.698. The molecule has 0 unspecified atom stereocenters. The van der Waals surface area contributed by atoms with Gasteiger partial charge in [0.1, 0.15) is 0 Å². The molecule has 0 bridgehead atoms. The van der Waals surface area contributed by atoms with Gasteiger partial charge in [-0.25, -0.2) is 4.79 Å². The van der Waals surface area contributed by atoms with Crippen molar-refractivity contribution >= 4 is 11.7 Å². The smallest absolute Gasteiger partial charge is 0.319 e. The predicted octanol–water partition coefficient (Wildman–Crippen LogP) is 2.70. The Hall–Kier alpha value is -3.26. The molecule has 0 radical (unpaired) electrons. The highest BCUT2D eigenvalue weighted by molar-refractivity contribution is 5.89. The highest BCUT2D eigenvalue weighted by Gasteiger charge is 2.15. The first-order chi connectivity index (χ1) is 13.4. The number of anilines is 1. The van der Waals surface area contributed by atoms with E-state index in [9.17, 15) is 4.79 Å². The molecule has 8 nitrogen and oxygen atoms in total. The molecule has 28 heavy (non-hydrogen) atoms. The van der Waals surface area contributed by atoms with E-state index < -0.39 is 0 Å². The fourth-order valence-corrected chi connectivity index (χ4v) is 2.91. The first-order valence-electron chi connectivity index (χ1n) is 9.07. The number of nitrogens with one attached hydrogen (secondary N) is 2. The summed E-state index contributed by atoms with van der Waals surface area (Å²) in [6, 6.07) is 15.6. The number of carbonyl (C=O) groups is 1. The molecule has 3 rings (SSSR count). The second-order valence-electron chi connectivity index (χ2n) is 6.91. The van der Waals surface area contributed by atoms with Gasteiger partial charge >= 0.3 is 6.03 Å². The maximum atomic E-state index is 12.3. The van der Waals surface area contributed by atoms with Gasteiger partial charge in [0.15, 0.2) is 5.82 Å². The van der Waals surface area contributed by atoms with Crippen molar-refractivity contribution in [3.63, 3.8) is 0 Å². The summed E-state index contributed by atoms with van der Waals surface area (Å²) in [5.41, 5.74) is 3.91. The molecular weight excluding hydrogens is 354 g/mol. The molecule has 8 heteroatoms. The number of carbonyl (C=O) groups excluding carboxylic acids is 1.